The Morgan fingerprint density at radius 3 is 2.70 bits per heavy atom. The number of urea groups is 1. The molecular formula is C26H26N6O. The van der Waals surface area contributed by atoms with E-state index in [9.17, 15) is 4.79 Å². The lowest BCUT2D eigenvalue weighted by Gasteiger charge is -2.10. The number of aromatic nitrogens is 3. The summed E-state index contributed by atoms with van der Waals surface area (Å²) in [6, 6.07) is 17.3. The van der Waals surface area contributed by atoms with E-state index in [1.807, 2.05) is 66.3 Å². The highest BCUT2D eigenvalue weighted by molar-refractivity contribution is 6.00. The highest BCUT2D eigenvalue weighted by Gasteiger charge is 2.21. The molecule has 5 rings (SSSR count). The maximum Gasteiger partial charge on any atom is 0.323 e. The standard InChI is InChI=1S/C26H26N6O/c1-3-32-16-23(21-11-13-27-25-22(21)12-14-28-25)24(31-32)18-5-4-6-20(15-18)30-26(33)29-19-9-7-17(2)8-10-19/h4-11,13,15-16H,3,12,14H2,1-2H3,(H,27,28)(H2,29,30,33). The van der Waals surface area contributed by atoms with Gasteiger partial charge in [-0.2, -0.15) is 5.10 Å². The molecule has 3 heterocycles. The topological polar surface area (TPSA) is 83.9 Å². The minimum Gasteiger partial charge on any atom is -0.369 e. The number of carbonyl (C=O) groups excluding carboxylic acids is 1. The van der Waals surface area contributed by atoms with Crippen molar-refractivity contribution in [2.24, 2.45) is 0 Å². The van der Waals surface area contributed by atoms with Crippen molar-refractivity contribution in [1.29, 1.82) is 0 Å². The lowest BCUT2D eigenvalue weighted by Crippen LogP contribution is -2.19. The van der Waals surface area contributed by atoms with Crippen molar-refractivity contribution in [2.45, 2.75) is 26.8 Å². The van der Waals surface area contributed by atoms with E-state index < -0.39 is 0 Å². The Hall–Kier alpha value is -4.13. The van der Waals surface area contributed by atoms with Gasteiger partial charge in [0.15, 0.2) is 0 Å². The lowest BCUT2D eigenvalue weighted by atomic mass is 9.97. The van der Waals surface area contributed by atoms with Crippen LogP contribution in [0.5, 0.6) is 0 Å². The number of benzene rings is 2. The van der Waals surface area contributed by atoms with Crippen molar-refractivity contribution in [1.82, 2.24) is 14.8 Å². The van der Waals surface area contributed by atoms with Gasteiger partial charge in [-0.05, 0) is 56.2 Å². The molecule has 166 valence electrons. The number of amides is 2. The van der Waals surface area contributed by atoms with Gasteiger partial charge in [0.2, 0.25) is 0 Å². The summed E-state index contributed by atoms with van der Waals surface area (Å²) in [6.45, 7) is 5.76. The second-order valence-electron chi connectivity index (χ2n) is 8.14. The van der Waals surface area contributed by atoms with Gasteiger partial charge in [-0.1, -0.05) is 29.8 Å². The predicted molar refractivity (Wildman–Crippen MR) is 133 cm³/mol. The molecule has 0 radical (unpaired) electrons. The van der Waals surface area contributed by atoms with Gasteiger partial charge < -0.3 is 16.0 Å². The molecule has 0 bridgehead atoms. The first-order chi connectivity index (χ1) is 16.1. The number of hydrogen-bond donors (Lipinski definition) is 3. The quantitative estimate of drug-likeness (QED) is 0.381. The molecule has 4 aromatic rings. The largest absolute Gasteiger partial charge is 0.369 e. The third-order valence-electron chi connectivity index (χ3n) is 5.80. The van der Waals surface area contributed by atoms with E-state index in [0.29, 0.717) is 5.69 Å². The average Bonchev–Trinajstić information content (AvgIpc) is 3.48. The second kappa shape index (κ2) is 8.78. The smallest absolute Gasteiger partial charge is 0.323 e. The number of anilines is 3. The average molecular weight is 439 g/mol. The molecule has 1 aliphatic rings. The summed E-state index contributed by atoms with van der Waals surface area (Å²) >= 11 is 0. The summed E-state index contributed by atoms with van der Waals surface area (Å²) in [6.07, 6.45) is 4.87. The Labute approximate surface area is 192 Å². The lowest BCUT2D eigenvalue weighted by molar-refractivity contribution is 0.262. The van der Waals surface area contributed by atoms with Gasteiger partial charge >= 0.3 is 6.03 Å². The Balaban J connectivity index is 1.44. The number of aryl methyl sites for hydroxylation is 2. The Morgan fingerprint density at radius 1 is 1.06 bits per heavy atom. The molecule has 0 atom stereocenters. The fourth-order valence-electron chi connectivity index (χ4n) is 4.12. The summed E-state index contributed by atoms with van der Waals surface area (Å²) in [4.78, 5) is 17.0. The highest BCUT2D eigenvalue weighted by atomic mass is 16.2. The van der Waals surface area contributed by atoms with E-state index in [-0.39, 0.29) is 6.03 Å². The molecule has 2 amide bonds. The van der Waals surface area contributed by atoms with Crippen molar-refractivity contribution in [3.05, 3.63) is 78.1 Å². The van der Waals surface area contributed by atoms with Crippen molar-refractivity contribution in [2.75, 3.05) is 22.5 Å². The number of pyridine rings is 1. The van der Waals surface area contributed by atoms with Gasteiger partial charge in [0.25, 0.3) is 0 Å². The van der Waals surface area contributed by atoms with Crippen LogP contribution in [0.4, 0.5) is 22.0 Å². The molecular weight excluding hydrogens is 412 g/mol. The molecule has 0 saturated heterocycles. The van der Waals surface area contributed by atoms with Crippen LogP contribution < -0.4 is 16.0 Å². The summed E-state index contributed by atoms with van der Waals surface area (Å²) in [7, 11) is 0. The van der Waals surface area contributed by atoms with E-state index in [0.717, 1.165) is 59.0 Å². The van der Waals surface area contributed by atoms with Gasteiger partial charge in [-0.15, -0.1) is 0 Å². The third kappa shape index (κ3) is 4.30. The Kier molecular flexibility index (Phi) is 5.52. The van der Waals surface area contributed by atoms with Crippen LogP contribution in [-0.2, 0) is 13.0 Å². The molecule has 0 spiro atoms. The van der Waals surface area contributed by atoms with Gasteiger partial charge in [0, 0.05) is 53.5 Å². The minimum atomic E-state index is -0.284. The predicted octanol–water partition coefficient (Wildman–Crippen LogP) is 5.55. The Bertz CT molecular complexity index is 1310. The number of carbonyl (C=O) groups is 1. The maximum absolute atomic E-state index is 12.5. The van der Waals surface area contributed by atoms with E-state index in [2.05, 4.69) is 40.1 Å². The van der Waals surface area contributed by atoms with E-state index >= 15 is 0 Å². The zero-order valence-corrected chi connectivity index (χ0v) is 18.7. The van der Waals surface area contributed by atoms with E-state index in [4.69, 9.17) is 5.10 Å². The molecule has 2 aromatic carbocycles. The van der Waals surface area contributed by atoms with Crippen molar-refractivity contribution >= 4 is 23.2 Å². The molecule has 0 fully saturated rings. The molecule has 7 heteroatoms. The first-order valence-corrected chi connectivity index (χ1v) is 11.2. The molecule has 7 nitrogen and oxygen atoms in total. The maximum atomic E-state index is 12.5. The van der Waals surface area contributed by atoms with Crippen molar-refractivity contribution in [3.8, 4) is 22.4 Å². The summed E-state index contributed by atoms with van der Waals surface area (Å²) < 4.78 is 1.95. The minimum absolute atomic E-state index is 0.284. The van der Waals surface area contributed by atoms with Crippen LogP contribution >= 0.6 is 0 Å². The molecule has 3 N–H and O–H groups in total. The number of nitrogens with one attached hydrogen (secondary N) is 3. The van der Waals surface area contributed by atoms with Crippen LogP contribution in [0.2, 0.25) is 0 Å². The number of nitrogens with zero attached hydrogens (tertiary/aromatic N) is 3. The first kappa shape index (κ1) is 20.8. The van der Waals surface area contributed by atoms with Crippen LogP contribution in [0.1, 0.15) is 18.1 Å². The Morgan fingerprint density at radius 2 is 1.88 bits per heavy atom. The normalized spacial score (nSPS) is 12.2. The van der Waals surface area contributed by atoms with Gasteiger partial charge in [-0.25, -0.2) is 9.78 Å². The summed E-state index contributed by atoms with van der Waals surface area (Å²) in [5.41, 5.74) is 7.87. The SMILES string of the molecule is CCn1cc(-c2ccnc3c2CCN3)c(-c2cccc(NC(=O)Nc3ccc(C)cc3)c2)n1. The van der Waals surface area contributed by atoms with Crippen LogP contribution in [0.15, 0.2) is 67.0 Å². The first-order valence-electron chi connectivity index (χ1n) is 11.2. The van der Waals surface area contributed by atoms with Crippen molar-refractivity contribution < 1.29 is 4.79 Å². The van der Waals surface area contributed by atoms with Gasteiger partial charge in [-0.3, -0.25) is 4.68 Å². The number of hydrogen-bond acceptors (Lipinski definition) is 4. The van der Waals surface area contributed by atoms with Crippen molar-refractivity contribution in [3.63, 3.8) is 0 Å². The number of fused-ring (bicyclic) bond motifs is 1. The van der Waals surface area contributed by atoms with E-state index in [1.165, 1.54) is 5.56 Å². The monoisotopic (exact) mass is 438 g/mol. The van der Waals surface area contributed by atoms with Crippen LogP contribution in [0.3, 0.4) is 0 Å². The van der Waals surface area contributed by atoms with Crippen LogP contribution in [-0.4, -0.2) is 27.3 Å². The summed E-state index contributed by atoms with van der Waals surface area (Å²) in [5.74, 6) is 0.950. The van der Waals surface area contributed by atoms with Gasteiger partial charge in [0.05, 0.1) is 0 Å². The highest BCUT2D eigenvalue weighted by Crippen LogP contribution is 2.37. The molecule has 0 saturated carbocycles. The second-order valence-corrected chi connectivity index (χ2v) is 8.14. The van der Waals surface area contributed by atoms with Gasteiger partial charge in [0.1, 0.15) is 11.5 Å². The number of rotatable bonds is 5. The van der Waals surface area contributed by atoms with Crippen LogP contribution in [0, 0.1) is 6.92 Å². The third-order valence-corrected chi connectivity index (χ3v) is 5.80. The molecule has 0 unspecified atom stereocenters. The molecule has 1 aliphatic heterocycles. The molecule has 33 heavy (non-hydrogen) atoms. The van der Waals surface area contributed by atoms with E-state index in [1.54, 1.807) is 0 Å². The molecule has 2 aromatic heterocycles. The fraction of sp³-hybridized carbons (Fsp3) is 0.192. The zero-order valence-electron chi connectivity index (χ0n) is 18.7. The molecule has 0 aliphatic carbocycles. The van der Waals surface area contributed by atoms with Crippen LogP contribution in [0.25, 0.3) is 22.4 Å². The summed E-state index contributed by atoms with van der Waals surface area (Å²) in [5, 5.41) is 14.0. The fourth-order valence-corrected chi connectivity index (χ4v) is 4.12. The zero-order chi connectivity index (χ0) is 22.8.